The van der Waals surface area contributed by atoms with Crippen LogP contribution in [0.25, 0.3) is 0 Å². The molecule has 0 rings (SSSR count). The average molecular weight is 199 g/mol. The van der Waals surface area contributed by atoms with Crippen molar-refractivity contribution < 1.29 is 9.90 Å². The van der Waals surface area contributed by atoms with E-state index < -0.39 is 5.97 Å². The normalized spacial score (nSPS) is 15.6. The molecule has 0 bridgehead atoms. The maximum absolute atomic E-state index is 10.5. The molecule has 0 fully saturated rings. The van der Waals surface area contributed by atoms with Gasteiger partial charge >= 0.3 is 5.97 Å². The molecule has 0 aliphatic carbocycles. The minimum Gasteiger partial charge on any atom is -0.481 e. The second-order valence-electron chi connectivity index (χ2n) is 3.75. The summed E-state index contributed by atoms with van der Waals surface area (Å²) in [5.41, 5.74) is 5.51. The molecule has 0 saturated carbocycles. The van der Waals surface area contributed by atoms with Crippen LogP contribution in [0, 0.1) is 11.8 Å². The minimum absolute atomic E-state index is 0.101. The van der Waals surface area contributed by atoms with Gasteiger partial charge in [0.05, 0.1) is 0 Å². The third-order valence-electron chi connectivity index (χ3n) is 2.20. The second-order valence-corrected chi connectivity index (χ2v) is 3.75. The molecule has 2 atom stereocenters. The van der Waals surface area contributed by atoms with Gasteiger partial charge in [0.25, 0.3) is 0 Å². The van der Waals surface area contributed by atoms with Crippen LogP contribution < -0.4 is 5.73 Å². The molecule has 0 aliphatic rings. The highest BCUT2D eigenvalue weighted by atomic mass is 16.4. The molecule has 82 valence electrons. The van der Waals surface area contributed by atoms with Gasteiger partial charge in [0.1, 0.15) is 0 Å². The van der Waals surface area contributed by atoms with Crippen molar-refractivity contribution in [2.75, 3.05) is 6.54 Å². The van der Waals surface area contributed by atoms with Gasteiger partial charge in [-0.2, -0.15) is 0 Å². The van der Waals surface area contributed by atoms with Crippen molar-refractivity contribution in [3.8, 4) is 0 Å². The quantitative estimate of drug-likeness (QED) is 0.617. The van der Waals surface area contributed by atoms with Crippen LogP contribution in [0.1, 0.15) is 33.1 Å². The zero-order valence-electron chi connectivity index (χ0n) is 9.07. The van der Waals surface area contributed by atoms with Crippen LogP contribution in [-0.4, -0.2) is 17.6 Å². The number of nitrogens with two attached hydrogens (primary N) is 1. The Balaban J connectivity index is 3.91. The van der Waals surface area contributed by atoms with Crippen molar-refractivity contribution >= 4 is 5.97 Å². The van der Waals surface area contributed by atoms with Crippen molar-refractivity contribution in [1.29, 1.82) is 0 Å². The predicted octanol–water partition coefficient (Wildman–Crippen LogP) is 2.03. The summed E-state index contributed by atoms with van der Waals surface area (Å²) < 4.78 is 0. The number of allylic oxidation sites excluding steroid dienone is 2. The zero-order valence-corrected chi connectivity index (χ0v) is 9.07. The van der Waals surface area contributed by atoms with E-state index in [-0.39, 0.29) is 12.3 Å². The van der Waals surface area contributed by atoms with E-state index in [0.717, 1.165) is 12.8 Å². The molecule has 3 N–H and O–H groups in total. The Kier molecular flexibility index (Phi) is 7.11. The van der Waals surface area contributed by atoms with E-state index in [1.807, 2.05) is 0 Å². The summed E-state index contributed by atoms with van der Waals surface area (Å²) in [4.78, 5) is 10.5. The molecule has 0 heterocycles. The highest BCUT2D eigenvalue weighted by molar-refractivity contribution is 5.67. The van der Waals surface area contributed by atoms with Crippen LogP contribution in [0.15, 0.2) is 12.2 Å². The first-order chi connectivity index (χ1) is 6.60. The first kappa shape index (κ1) is 13.2. The molecular formula is C11H21NO2. The summed E-state index contributed by atoms with van der Waals surface area (Å²) in [6, 6.07) is 0. The smallest absolute Gasteiger partial charge is 0.303 e. The molecule has 0 saturated heterocycles. The summed E-state index contributed by atoms with van der Waals surface area (Å²) >= 11 is 0. The average Bonchev–Trinajstić information content (AvgIpc) is 2.12. The van der Waals surface area contributed by atoms with Crippen LogP contribution >= 0.6 is 0 Å². The molecule has 0 aromatic carbocycles. The standard InChI is InChI=1S/C11H21NO2/c1-3-4-5-9(2)6-10(8-12)7-11(13)14/h4-5,9-10H,3,6-8,12H2,1-2H3,(H,13,14)/t9?,10-/m0/s1. The number of hydrogen-bond acceptors (Lipinski definition) is 2. The first-order valence-electron chi connectivity index (χ1n) is 5.18. The van der Waals surface area contributed by atoms with Crippen molar-refractivity contribution in [3.05, 3.63) is 12.2 Å². The number of carboxylic acids is 1. The zero-order chi connectivity index (χ0) is 11.0. The lowest BCUT2D eigenvalue weighted by atomic mass is 9.93. The second kappa shape index (κ2) is 7.56. The lowest BCUT2D eigenvalue weighted by Crippen LogP contribution is -2.19. The molecule has 0 aromatic heterocycles. The van der Waals surface area contributed by atoms with Gasteiger partial charge in [-0.25, -0.2) is 0 Å². The minimum atomic E-state index is -0.757. The third-order valence-corrected chi connectivity index (χ3v) is 2.20. The van der Waals surface area contributed by atoms with Crippen LogP contribution in [-0.2, 0) is 4.79 Å². The monoisotopic (exact) mass is 199 g/mol. The lowest BCUT2D eigenvalue weighted by molar-refractivity contribution is -0.138. The van der Waals surface area contributed by atoms with Gasteiger partial charge in [0.15, 0.2) is 0 Å². The van der Waals surface area contributed by atoms with Gasteiger partial charge in [-0.1, -0.05) is 26.0 Å². The SMILES string of the molecule is CCC=CC(C)C[C@H](CN)CC(=O)O. The highest BCUT2D eigenvalue weighted by Crippen LogP contribution is 2.15. The van der Waals surface area contributed by atoms with Gasteiger partial charge in [0.2, 0.25) is 0 Å². The van der Waals surface area contributed by atoms with E-state index in [9.17, 15) is 4.79 Å². The van der Waals surface area contributed by atoms with E-state index in [0.29, 0.717) is 12.5 Å². The maximum atomic E-state index is 10.5. The molecule has 1 unspecified atom stereocenters. The van der Waals surface area contributed by atoms with Gasteiger partial charge in [-0.3, -0.25) is 4.79 Å². The fourth-order valence-electron chi connectivity index (χ4n) is 1.48. The summed E-state index contributed by atoms with van der Waals surface area (Å²) in [5, 5.41) is 8.63. The Labute approximate surface area is 86.0 Å². The molecule has 3 nitrogen and oxygen atoms in total. The fraction of sp³-hybridized carbons (Fsp3) is 0.727. The summed E-state index contributed by atoms with van der Waals surface area (Å²) in [6.45, 7) is 4.63. The molecular weight excluding hydrogens is 178 g/mol. The third kappa shape index (κ3) is 6.66. The summed E-state index contributed by atoms with van der Waals surface area (Å²) in [5.74, 6) is -0.237. The molecule has 14 heavy (non-hydrogen) atoms. The van der Waals surface area contributed by atoms with Gasteiger partial charge in [-0.15, -0.1) is 0 Å². The van der Waals surface area contributed by atoms with Crippen LogP contribution in [0.5, 0.6) is 0 Å². The molecule has 0 aliphatic heterocycles. The van der Waals surface area contributed by atoms with E-state index in [2.05, 4.69) is 26.0 Å². The Morgan fingerprint density at radius 1 is 1.57 bits per heavy atom. The van der Waals surface area contributed by atoms with Crippen LogP contribution in [0.2, 0.25) is 0 Å². The van der Waals surface area contributed by atoms with Gasteiger partial charge in [-0.05, 0) is 31.2 Å². The molecule has 0 aromatic rings. The van der Waals surface area contributed by atoms with E-state index in [4.69, 9.17) is 10.8 Å². The molecule has 3 heteroatoms. The Hall–Kier alpha value is -0.830. The van der Waals surface area contributed by atoms with Gasteiger partial charge < -0.3 is 10.8 Å². The van der Waals surface area contributed by atoms with Crippen LogP contribution in [0.3, 0.4) is 0 Å². The molecule has 0 radical (unpaired) electrons. The van der Waals surface area contributed by atoms with Crippen molar-refractivity contribution in [2.45, 2.75) is 33.1 Å². The summed E-state index contributed by atoms with van der Waals surface area (Å²) in [7, 11) is 0. The number of carboxylic acid groups (broad SMARTS) is 1. The van der Waals surface area contributed by atoms with Crippen LogP contribution in [0.4, 0.5) is 0 Å². The number of aliphatic carboxylic acids is 1. The van der Waals surface area contributed by atoms with Crippen molar-refractivity contribution in [3.63, 3.8) is 0 Å². The van der Waals surface area contributed by atoms with Crippen molar-refractivity contribution in [1.82, 2.24) is 0 Å². The molecule has 0 amide bonds. The lowest BCUT2D eigenvalue weighted by Gasteiger charge is -2.15. The van der Waals surface area contributed by atoms with E-state index in [1.54, 1.807) is 0 Å². The first-order valence-corrected chi connectivity index (χ1v) is 5.18. The predicted molar refractivity (Wildman–Crippen MR) is 58.0 cm³/mol. The van der Waals surface area contributed by atoms with Crippen molar-refractivity contribution in [2.24, 2.45) is 17.6 Å². The van der Waals surface area contributed by atoms with E-state index in [1.165, 1.54) is 0 Å². The topological polar surface area (TPSA) is 63.3 Å². The number of rotatable bonds is 7. The number of carbonyl (C=O) groups is 1. The number of hydrogen-bond donors (Lipinski definition) is 2. The Morgan fingerprint density at radius 2 is 2.21 bits per heavy atom. The van der Waals surface area contributed by atoms with Gasteiger partial charge in [0, 0.05) is 6.42 Å². The Morgan fingerprint density at radius 3 is 2.64 bits per heavy atom. The van der Waals surface area contributed by atoms with E-state index >= 15 is 0 Å². The fourth-order valence-corrected chi connectivity index (χ4v) is 1.48. The Bertz CT molecular complexity index is 190. The highest BCUT2D eigenvalue weighted by Gasteiger charge is 2.13. The molecule has 0 spiro atoms. The largest absolute Gasteiger partial charge is 0.481 e. The maximum Gasteiger partial charge on any atom is 0.303 e. The summed E-state index contributed by atoms with van der Waals surface area (Å²) in [6.07, 6.45) is 6.31.